The number of carbonyl (C=O) groups is 3. The van der Waals surface area contributed by atoms with Crippen molar-refractivity contribution in [2.45, 2.75) is 26.3 Å². The number of hydrogen-bond donors (Lipinski definition) is 1. The molecular weight excluding hydrogens is 386 g/mol. The number of carbonyl (C=O) groups excluding carboxylic acids is 3. The van der Waals surface area contributed by atoms with Crippen LogP contribution in [0, 0.1) is 6.92 Å². The van der Waals surface area contributed by atoms with E-state index in [4.69, 9.17) is 9.15 Å². The molecule has 30 heavy (non-hydrogen) atoms. The van der Waals surface area contributed by atoms with Gasteiger partial charge in [0.2, 0.25) is 5.76 Å². The molecule has 0 aliphatic rings. The van der Waals surface area contributed by atoms with Crippen LogP contribution in [-0.4, -0.2) is 30.3 Å². The predicted molar refractivity (Wildman–Crippen MR) is 110 cm³/mol. The maximum absolute atomic E-state index is 12.2. The van der Waals surface area contributed by atoms with E-state index in [9.17, 15) is 19.2 Å². The van der Waals surface area contributed by atoms with Crippen molar-refractivity contribution in [3.8, 4) is 0 Å². The molecule has 0 fully saturated rings. The SMILES string of the molecule is CC(=O)[C@@H](Cc1ccccc1)NC(=O)COC(=O)c1cc(=O)c2cc(C)ccc2o1. The molecular formula is C23H21NO6. The molecule has 1 N–H and O–H groups in total. The van der Waals surface area contributed by atoms with E-state index in [1.54, 1.807) is 18.2 Å². The molecule has 1 atom stereocenters. The maximum Gasteiger partial charge on any atom is 0.374 e. The highest BCUT2D eigenvalue weighted by atomic mass is 16.5. The number of ketones is 1. The largest absolute Gasteiger partial charge is 0.450 e. The Labute approximate surface area is 172 Å². The number of amides is 1. The van der Waals surface area contributed by atoms with Crippen LogP contribution in [0.15, 0.2) is 63.8 Å². The summed E-state index contributed by atoms with van der Waals surface area (Å²) in [5.41, 5.74) is 1.65. The van der Waals surface area contributed by atoms with Gasteiger partial charge in [-0.05, 0) is 38.0 Å². The predicted octanol–water partition coefficient (Wildman–Crippen LogP) is 2.57. The fourth-order valence-corrected chi connectivity index (χ4v) is 2.96. The summed E-state index contributed by atoms with van der Waals surface area (Å²) in [6.45, 7) is 2.62. The molecule has 7 heteroatoms. The number of aryl methyl sites for hydroxylation is 1. The van der Waals surface area contributed by atoms with Gasteiger partial charge in [0.25, 0.3) is 5.91 Å². The van der Waals surface area contributed by atoms with E-state index in [1.807, 2.05) is 37.3 Å². The second kappa shape index (κ2) is 9.17. The smallest absolute Gasteiger partial charge is 0.374 e. The topological polar surface area (TPSA) is 103 Å². The van der Waals surface area contributed by atoms with Crippen LogP contribution in [0.2, 0.25) is 0 Å². The van der Waals surface area contributed by atoms with E-state index in [1.165, 1.54) is 6.92 Å². The summed E-state index contributed by atoms with van der Waals surface area (Å²) in [6.07, 6.45) is 0.328. The Hall–Kier alpha value is -3.74. The summed E-state index contributed by atoms with van der Waals surface area (Å²) in [4.78, 5) is 48.4. The van der Waals surface area contributed by atoms with Crippen molar-refractivity contribution in [1.29, 1.82) is 0 Å². The molecule has 3 aromatic rings. The number of esters is 1. The van der Waals surface area contributed by atoms with Crippen LogP contribution in [0.25, 0.3) is 11.0 Å². The van der Waals surface area contributed by atoms with Gasteiger partial charge in [-0.15, -0.1) is 0 Å². The standard InChI is InChI=1S/C23H21NO6/c1-14-8-9-20-17(10-14)19(26)12-21(30-20)23(28)29-13-22(27)24-18(15(2)25)11-16-6-4-3-5-7-16/h3-10,12,18H,11,13H2,1-2H3,(H,24,27)/t18-/m1/s1. The molecule has 1 aromatic heterocycles. The van der Waals surface area contributed by atoms with E-state index in [0.717, 1.165) is 17.2 Å². The lowest BCUT2D eigenvalue weighted by atomic mass is 10.0. The number of ether oxygens (including phenoxy) is 1. The van der Waals surface area contributed by atoms with Crippen molar-refractivity contribution in [3.05, 3.63) is 81.7 Å². The molecule has 0 aliphatic heterocycles. The Bertz CT molecular complexity index is 1150. The molecule has 3 rings (SSSR count). The summed E-state index contributed by atoms with van der Waals surface area (Å²) in [5, 5.41) is 2.92. The number of fused-ring (bicyclic) bond motifs is 1. The van der Waals surface area contributed by atoms with Crippen molar-refractivity contribution in [2.75, 3.05) is 6.61 Å². The average molecular weight is 407 g/mol. The third-order valence-electron chi connectivity index (χ3n) is 4.53. The summed E-state index contributed by atoms with van der Waals surface area (Å²) in [7, 11) is 0. The van der Waals surface area contributed by atoms with Crippen molar-refractivity contribution in [2.24, 2.45) is 0 Å². The van der Waals surface area contributed by atoms with Crippen LogP contribution in [0.5, 0.6) is 0 Å². The Kier molecular flexibility index (Phi) is 6.41. The van der Waals surface area contributed by atoms with Gasteiger partial charge < -0.3 is 14.5 Å². The Morgan fingerprint density at radius 1 is 1.07 bits per heavy atom. The van der Waals surface area contributed by atoms with E-state index in [0.29, 0.717) is 11.8 Å². The van der Waals surface area contributed by atoms with Gasteiger partial charge >= 0.3 is 5.97 Å². The molecule has 1 amide bonds. The molecule has 1 heterocycles. The second-order valence-electron chi connectivity index (χ2n) is 6.97. The van der Waals surface area contributed by atoms with Gasteiger partial charge in [-0.3, -0.25) is 14.4 Å². The molecule has 0 bridgehead atoms. The van der Waals surface area contributed by atoms with Crippen molar-refractivity contribution < 1.29 is 23.5 Å². The van der Waals surface area contributed by atoms with Gasteiger partial charge in [-0.25, -0.2) is 4.79 Å². The highest BCUT2D eigenvalue weighted by Crippen LogP contribution is 2.14. The minimum Gasteiger partial charge on any atom is -0.450 e. The zero-order valence-electron chi connectivity index (χ0n) is 16.6. The summed E-state index contributed by atoms with van der Waals surface area (Å²) >= 11 is 0. The molecule has 154 valence electrons. The van der Waals surface area contributed by atoms with Gasteiger partial charge in [0.05, 0.1) is 11.4 Å². The van der Waals surface area contributed by atoms with Crippen molar-refractivity contribution in [1.82, 2.24) is 5.32 Å². The van der Waals surface area contributed by atoms with Crippen LogP contribution in [-0.2, 0) is 20.7 Å². The first-order chi connectivity index (χ1) is 14.3. The summed E-state index contributed by atoms with van der Waals surface area (Å²) in [6, 6.07) is 14.6. The van der Waals surface area contributed by atoms with Crippen LogP contribution in [0.3, 0.4) is 0 Å². The van der Waals surface area contributed by atoms with E-state index >= 15 is 0 Å². The maximum atomic E-state index is 12.2. The van der Waals surface area contributed by atoms with E-state index < -0.39 is 24.5 Å². The van der Waals surface area contributed by atoms with Gasteiger partial charge in [-0.2, -0.15) is 0 Å². The molecule has 0 saturated heterocycles. The number of benzene rings is 2. The zero-order chi connectivity index (χ0) is 21.7. The molecule has 0 saturated carbocycles. The first-order valence-electron chi connectivity index (χ1n) is 9.39. The highest BCUT2D eigenvalue weighted by Gasteiger charge is 2.20. The van der Waals surface area contributed by atoms with Gasteiger partial charge in [0.1, 0.15) is 5.58 Å². The first kappa shape index (κ1) is 21.0. The number of nitrogens with one attached hydrogen (secondary N) is 1. The molecule has 0 radical (unpaired) electrons. The van der Waals surface area contributed by atoms with Crippen LogP contribution in [0.1, 0.15) is 28.6 Å². The van der Waals surface area contributed by atoms with Gasteiger partial charge in [-0.1, -0.05) is 42.0 Å². The van der Waals surface area contributed by atoms with Crippen LogP contribution in [0.4, 0.5) is 0 Å². The lowest BCUT2D eigenvalue weighted by Gasteiger charge is -2.16. The number of hydrogen-bond acceptors (Lipinski definition) is 6. The summed E-state index contributed by atoms with van der Waals surface area (Å²) in [5.74, 6) is -2.07. The fraction of sp³-hybridized carbons (Fsp3) is 0.217. The number of rotatable bonds is 7. The lowest BCUT2D eigenvalue weighted by Crippen LogP contribution is -2.43. The van der Waals surface area contributed by atoms with E-state index in [-0.39, 0.29) is 22.6 Å². The molecule has 7 nitrogen and oxygen atoms in total. The number of Topliss-reactive ketones (excluding diaryl/α,β-unsaturated/α-hetero) is 1. The molecule has 2 aromatic carbocycles. The van der Waals surface area contributed by atoms with Crippen molar-refractivity contribution in [3.63, 3.8) is 0 Å². The molecule has 0 spiro atoms. The summed E-state index contributed by atoms with van der Waals surface area (Å²) < 4.78 is 10.4. The van der Waals surface area contributed by atoms with Gasteiger partial charge in [0, 0.05) is 6.07 Å². The third kappa shape index (κ3) is 5.20. The first-order valence-corrected chi connectivity index (χ1v) is 9.39. The van der Waals surface area contributed by atoms with Crippen LogP contribution >= 0.6 is 0 Å². The molecule has 0 unspecified atom stereocenters. The Balaban J connectivity index is 1.63. The fourth-order valence-electron chi connectivity index (χ4n) is 2.96. The monoisotopic (exact) mass is 407 g/mol. The normalized spacial score (nSPS) is 11.7. The van der Waals surface area contributed by atoms with Crippen molar-refractivity contribution >= 4 is 28.6 Å². The average Bonchev–Trinajstić information content (AvgIpc) is 2.72. The third-order valence-corrected chi connectivity index (χ3v) is 4.53. The second-order valence-corrected chi connectivity index (χ2v) is 6.97. The van der Waals surface area contributed by atoms with Crippen LogP contribution < -0.4 is 10.7 Å². The lowest BCUT2D eigenvalue weighted by molar-refractivity contribution is -0.128. The van der Waals surface area contributed by atoms with Gasteiger partial charge in [0.15, 0.2) is 17.8 Å². The molecule has 0 aliphatic carbocycles. The zero-order valence-corrected chi connectivity index (χ0v) is 16.6. The minimum absolute atomic E-state index is 0.214. The quantitative estimate of drug-likeness (QED) is 0.604. The van der Waals surface area contributed by atoms with E-state index in [2.05, 4.69) is 5.32 Å². The Morgan fingerprint density at radius 2 is 1.80 bits per heavy atom. The Morgan fingerprint density at radius 3 is 2.50 bits per heavy atom. The minimum atomic E-state index is -0.938. The highest BCUT2D eigenvalue weighted by molar-refractivity contribution is 5.92.